The lowest BCUT2D eigenvalue weighted by molar-refractivity contribution is 0.0567. The molecule has 0 saturated carbocycles. The molecule has 0 radical (unpaired) electrons. The van der Waals surface area contributed by atoms with Gasteiger partial charge >= 0.3 is 0 Å². The maximum absolute atomic E-state index is 6.16. The third-order valence-corrected chi connectivity index (χ3v) is 4.82. The number of nitrogens with two attached hydrogens (primary N) is 1. The minimum absolute atomic E-state index is 0.0995. The van der Waals surface area contributed by atoms with Crippen LogP contribution in [0.15, 0.2) is 24.3 Å². The van der Waals surface area contributed by atoms with Crippen molar-refractivity contribution in [1.82, 2.24) is 4.90 Å². The normalized spacial score (nSPS) is 27.2. The van der Waals surface area contributed by atoms with Gasteiger partial charge in [0.1, 0.15) is 5.75 Å². The first kappa shape index (κ1) is 14.4. The van der Waals surface area contributed by atoms with Crippen LogP contribution in [-0.2, 0) is 5.41 Å². The molecule has 0 aromatic heterocycles. The van der Waals surface area contributed by atoms with Crippen LogP contribution in [0.4, 0.5) is 0 Å². The van der Waals surface area contributed by atoms with Crippen molar-refractivity contribution in [1.29, 1.82) is 0 Å². The van der Waals surface area contributed by atoms with Gasteiger partial charge < -0.3 is 15.4 Å². The fraction of sp³-hybridized carbons (Fsp3) is 0.625. The van der Waals surface area contributed by atoms with E-state index in [0.29, 0.717) is 6.54 Å². The number of methoxy groups -OCH3 is 1. The number of nitrogens with zero attached hydrogens (tertiary/aromatic N) is 1. The van der Waals surface area contributed by atoms with E-state index in [4.69, 9.17) is 10.5 Å². The summed E-state index contributed by atoms with van der Waals surface area (Å²) < 4.78 is 5.24. The molecule has 106 valence electrons. The molecule has 1 saturated heterocycles. The smallest absolute Gasteiger partial charge is 0.118 e. The molecule has 1 heterocycles. The number of ether oxygens (including phenoxy) is 1. The van der Waals surface area contributed by atoms with Gasteiger partial charge in [-0.2, -0.15) is 0 Å². The van der Waals surface area contributed by atoms with Gasteiger partial charge in [-0.25, -0.2) is 0 Å². The molecule has 1 unspecified atom stereocenters. The van der Waals surface area contributed by atoms with Gasteiger partial charge in [0.15, 0.2) is 0 Å². The molecule has 1 aromatic carbocycles. The molecule has 0 bridgehead atoms. The second kappa shape index (κ2) is 5.14. The van der Waals surface area contributed by atoms with Crippen LogP contribution in [0.5, 0.6) is 5.75 Å². The first-order valence-electron chi connectivity index (χ1n) is 6.99. The van der Waals surface area contributed by atoms with Gasteiger partial charge in [0.05, 0.1) is 7.11 Å². The van der Waals surface area contributed by atoms with E-state index in [-0.39, 0.29) is 11.0 Å². The Morgan fingerprint density at radius 2 is 1.89 bits per heavy atom. The van der Waals surface area contributed by atoms with Crippen LogP contribution in [0.2, 0.25) is 0 Å². The Morgan fingerprint density at radius 3 is 2.37 bits per heavy atom. The highest BCUT2D eigenvalue weighted by atomic mass is 16.5. The summed E-state index contributed by atoms with van der Waals surface area (Å²) in [4.78, 5) is 2.43. The number of likely N-dealkylation sites (tertiary alicyclic amines) is 1. The third-order valence-electron chi connectivity index (χ3n) is 4.82. The predicted molar refractivity (Wildman–Crippen MR) is 79.7 cm³/mol. The maximum atomic E-state index is 6.16. The Kier molecular flexibility index (Phi) is 3.88. The summed E-state index contributed by atoms with van der Waals surface area (Å²) in [5.41, 5.74) is 7.79. The largest absolute Gasteiger partial charge is 0.497 e. The van der Waals surface area contributed by atoms with E-state index in [1.165, 1.54) is 5.56 Å². The van der Waals surface area contributed by atoms with Crippen LogP contribution >= 0.6 is 0 Å². The highest BCUT2D eigenvalue weighted by Crippen LogP contribution is 2.41. The van der Waals surface area contributed by atoms with Gasteiger partial charge in [0.25, 0.3) is 0 Å². The fourth-order valence-corrected chi connectivity index (χ4v) is 3.22. The van der Waals surface area contributed by atoms with E-state index in [1.807, 2.05) is 12.1 Å². The van der Waals surface area contributed by atoms with Crippen molar-refractivity contribution >= 4 is 0 Å². The van der Waals surface area contributed by atoms with Crippen molar-refractivity contribution in [2.45, 2.75) is 37.6 Å². The average molecular weight is 262 g/mol. The van der Waals surface area contributed by atoms with Gasteiger partial charge in [-0.1, -0.05) is 12.1 Å². The van der Waals surface area contributed by atoms with Crippen LogP contribution in [0.1, 0.15) is 32.3 Å². The van der Waals surface area contributed by atoms with E-state index in [0.717, 1.165) is 25.1 Å². The number of hydrogen-bond donors (Lipinski definition) is 1. The first-order valence-corrected chi connectivity index (χ1v) is 6.99. The van der Waals surface area contributed by atoms with Crippen molar-refractivity contribution in [2.24, 2.45) is 5.73 Å². The Hall–Kier alpha value is -1.06. The molecule has 1 aliphatic heterocycles. The molecule has 3 heteroatoms. The number of hydrogen-bond acceptors (Lipinski definition) is 3. The summed E-state index contributed by atoms with van der Waals surface area (Å²) in [6.45, 7) is 6.41. The van der Waals surface area contributed by atoms with E-state index < -0.39 is 0 Å². The van der Waals surface area contributed by atoms with Crippen molar-refractivity contribution in [2.75, 3.05) is 27.2 Å². The fourth-order valence-electron chi connectivity index (χ4n) is 3.22. The van der Waals surface area contributed by atoms with Crippen LogP contribution in [0.3, 0.4) is 0 Å². The van der Waals surface area contributed by atoms with Gasteiger partial charge in [-0.3, -0.25) is 0 Å². The zero-order valence-corrected chi connectivity index (χ0v) is 12.6. The molecule has 2 rings (SSSR count). The molecule has 0 amide bonds. The summed E-state index contributed by atoms with van der Waals surface area (Å²) in [5.74, 6) is 0.906. The minimum atomic E-state index is 0.0995. The van der Waals surface area contributed by atoms with Gasteiger partial charge in [0, 0.05) is 17.5 Å². The molecular weight excluding hydrogens is 236 g/mol. The monoisotopic (exact) mass is 262 g/mol. The molecule has 1 atom stereocenters. The maximum Gasteiger partial charge on any atom is 0.118 e. The van der Waals surface area contributed by atoms with E-state index in [2.05, 4.69) is 37.9 Å². The van der Waals surface area contributed by atoms with E-state index >= 15 is 0 Å². The quantitative estimate of drug-likeness (QED) is 0.909. The SMILES string of the molecule is COc1ccc(C2(CN)CCN(C)C(C)(C)C2)cc1. The van der Waals surface area contributed by atoms with Crippen molar-refractivity contribution < 1.29 is 4.74 Å². The zero-order chi connectivity index (χ0) is 14.1. The van der Waals surface area contributed by atoms with E-state index in [1.54, 1.807) is 7.11 Å². The van der Waals surface area contributed by atoms with Crippen molar-refractivity contribution in [3.8, 4) is 5.75 Å². The lowest BCUT2D eigenvalue weighted by atomic mass is 9.67. The zero-order valence-electron chi connectivity index (χ0n) is 12.6. The molecule has 19 heavy (non-hydrogen) atoms. The third kappa shape index (κ3) is 2.63. The summed E-state index contributed by atoms with van der Waals surface area (Å²) in [6.07, 6.45) is 2.22. The Bertz CT molecular complexity index is 427. The first-order chi connectivity index (χ1) is 8.93. The molecule has 0 spiro atoms. The highest BCUT2D eigenvalue weighted by Gasteiger charge is 2.42. The van der Waals surface area contributed by atoms with Crippen LogP contribution in [0.25, 0.3) is 0 Å². The van der Waals surface area contributed by atoms with Gasteiger partial charge in [0.2, 0.25) is 0 Å². The number of benzene rings is 1. The standard InChI is InChI=1S/C16H26N2O/c1-15(2)11-16(12-17,9-10-18(15)3)13-5-7-14(19-4)8-6-13/h5-8H,9-12,17H2,1-4H3. The van der Waals surface area contributed by atoms with Gasteiger partial charge in [-0.15, -0.1) is 0 Å². The minimum Gasteiger partial charge on any atom is -0.497 e. The van der Waals surface area contributed by atoms with Crippen LogP contribution < -0.4 is 10.5 Å². The summed E-state index contributed by atoms with van der Waals surface area (Å²) in [7, 11) is 3.90. The highest BCUT2D eigenvalue weighted by molar-refractivity contribution is 5.34. The Balaban J connectivity index is 2.32. The van der Waals surface area contributed by atoms with Crippen LogP contribution in [-0.4, -0.2) is 37.7 Å². The second-order valence-corrected chi connectivity index (χ2v) is 6.37. The summed E-state index contributed by atoms with van der Waals surface area (Å²) in [5, 5.41) is 0. The Morgan fingerprint density at radius 1 is 1.26 bits per heavy atom. The average Bonchev–Trinajstić information content (AvgIpc) is 2.42. The number of piperidine rings is 1. The second-order valence-electron chi connectivity index (χ2n) is 6.37. The summed E-state index contributed by atoms with van der Waals surface area (Å²) >= 11 is 0. The topological polar surface area (TPSA) is 38.5 Å². The lowest BCUT2D eigenvalue weighted by Gasteiger charge is -2.50. The molecule has 1 aliphatic rings. The Labute approximate surface area is 116 Å². The molecule has 1 fully saturated rings. The molecule has 1 aromatic rings. The van der Waals surface area contributed by atoms with Gasteiger partial charge in [-0.05, 0) is 58.0 Å². The molecule has 3 nitrogen and oxygen atoms in total. The molecular formula is C16H26N2O. The van der Waals surface area contributed by atoms with Crippen molar-refractivity contribution in [3.63, 3.8) is 0 Å². The van der Waals surface area contributed by atoms with Crippen LogP contribution in [0, 0.1) is 0 Å². The van der Waals surface area contributed by atoms with Crippen molar-refractivity contribution in [3.05, 3.63) is 29.8 Å². The molecule has 2 N–H and O–H groups in total. The summed E-state index contributed by atoms with van der Waals surface area (Å²) in [6, 6.07) is 8.43. The molecule has 0 aliphatic carbocycles. The predicted octanol–water partition coefficient (Wildman–Crippen LogP) is 2.40. The lowest BCUT2D eigenvalue weighted by Crippen LogP contribution is -2.55. The van der Waals surface area contributed by atoms with E-state index in [9.17, 15) is 0 Å². The number of rotatable bonds is 3.